The van der Waals surface area contributed by atoms with E-state index in [0.29, 0.717) is 55.7 Å². The highest BCUT2D eigenvalue weighted by atomic mass is 35.5. The lowest BCUT2D eigenvalue weighted by Crippen LogP contribution is -2.40. The van der Waals surface area contributed by atoms with Gasteiger partial charge in [0.2, 0.25) is 0 Å². The third-order valence-electron chi connectivity index (χ3n) is 4.46. The molecule has 0 fully saturated rings. The molecule has 1 aromatic rings. The minimum atomic E-state index is -0.758. The van der Waals surface area contributed by atoms with Crippen molar-refractivity contribution in [1.82, 2.24) is 5.32 Å². The maximum absolute atomic E-state index is 11.5. The van der Waals surface area contributed by atoms with Gasteiger partial charge in [-0.15, -0.1) is 0 Å². The van der Waals surface area contributed by atoms with Crippen LogP contribution in [-0.4, -0.2) is 30.8 Å². The Morgan fingerprint density at radius 1 is 1.30 bits per heavy atom. The van der Waals surface area contributed by atoms with Gasteiger partial charge in [-0.05, 0) is 30.5 Å². The normalized spacial score (nSPS) is 14.4. The molecule has 0 atom stereocenters. The van der Waals surface area contributed by atoms with Crippen LogP contribution in [0, 0.1) is 5.41 Å². The Kier molecular flexibility index (Phi) is 6.13. The largest absolute Gasteiger partial charge is 0.489 e. The van der Waals surface area contributed by atoms with Crippen LogP contribution in [0.3, 0.4) is 0 Å². The Morgan fingerprint density at radius 3 is 2.65 bits per heavy atom. The van der Waals surface area contributed by atoms with Crippen molar-refractivity contribution >= 4 is 17.6 Å². The summed E-state index contributed by atoms with van der Waals surface area (Å²) in [5.41, 5.74) is 0.223. The number of halogens is 1. The van der Waals surface area contributed by atoms with Crippen LogP contribution in [0.25, 0.3) is 0 Å². The number of aliphatic carboxylic acids is 1. The van der Waals surface area contributed by atoms with E-state index in [1.807, 2.05) is 26.0 Å². The lowest BCUT2D eigenvalue weighted by molar-refractivity contribution is -0.149. The van der Waals surface area contributed by atoms with Gasteiger partial charge in [-0.2, -0.15) is 0 Å². The average Bonchev–Trinajstić information content (AvgIpc) is 2.77. The predicted octanol–water partition coefficient (Wildman–Crippen LogP) is 3.48. The molecular weight excluding hydrogens is 318 g/mol. The Morgan fingerprint density at radius 2 is 2.00 bits per heavy atom. The number of hydrogen-bond acceptors (Lipinski definition) is 4. The van der Waals surface area contributed by atoms with Gasteiger partial charge in [-0.25, -0.2) is 0 Å². The van der Waals surface area contributed by atoms with E-state index < -0.39 is 11.4 Å². The van der Waals surface area contributed by atoms with Gasteiger partial charge in [-0.3, -0.25) is 4.79 Å². The van der Waals surface area contributed by atoms with E-state index in [-0.39, 0.29) is 0 Å². The molecule has 1 aliphatic heterocycles. The van der Waals surface area contributed by atoms with Crippen LogP contribution in [0.4, 0.5) is 0 Å². The van der Waals surface area contributed by atoms with Crippen molar-refractivity contribution in [2.45, 2.75) is 39.7 Å². The zero-order valence-electron chi connectivity index (χ0n) is 13.7. The van der Waals surface area contributed by atoms with Gasteiger partial charge in [0.05, 0.1) is 23.7 Å². The molecule has 0 amide bonds. The number of carboxylic acid groups (broad SMARTS) is 1. The van der Waals surface area contributed by atoms with Crippen LogP contribution >= 0.6 is 11.6 Å². The molecule has 1 aromatic carbocycles. The quantitative estimate of drug-likeness (QED) is 0.794. The maximum atomic E-state index is 11.5. The molecule has 0 aromatic heterocycles. The summed E-state index contributed by atoms with van der Waals surface area (Å²) in [5, 5.41) is 13.2. The van der Waals surface area contributed by atoms with Gasteiger partial charge in [-0.1, -0.05) is 25.4 Å². The second-order valence-corrected chi connectivity index (χ2v) is 6.26. The van der Waals surface area contributed by atoms with E-state index in [0.717, 1.165) is 12.0 Å². The standard InChI is InChI=1S/C17H24ClNO4/c1-3-17(4-2,16(20)21)11-19-10-12-8-13(18)15-14(9-12)22-6-5-7-23-15/h8-9,19H,3-7,10-11H2,1-2H3,(H,20,21). The first-order valence-electron chi connectivity index (χ1n) is 8.04. The Hall–Kier alpha value is -1.46. The van der Waals surface area contributed by atoms with Crippen molar-refractivity contribution in [3.8, 4) is 11.5 Å². The van der Waals surface area contributed by atoms with Crippen molar-refractivity contribution in [3.05, 3.63) is 22.7 Å². The van der Waals surface area contributed by atoms with Crippen molar-refractivity contribution in [3.63, 3.8) is 0 Å². The van der Waals surface area contributed by atoms with E-state index >= 15 is 0 Å². The molecule has 6 heteroatoms. The average molecular weight is 342 g/mol. The number of nitrogens with one attached hydrogen (secondary N) is 1. The first-order valence-corrected chi connectivity index (χ1v) is 8.42. The van der Waals surface area contributed by atoms with Crippen molar-refractivity contribution in [2.75, 3.05) is 19.8 Å². The SMILES string of the molecule is CCC(CC)(CNCc1cc(Cl)c2c(c1)OCCCO2)C(=O)O. The first kappa shape index (κ1) is 17.9. The summed E-state index contributed by atoms with van der Waals surface area (Å²) in [6.45, 7) is 5.97. The second kappa shape index (κ2) is 7.88. The maximum Gasteiger partial charge on any atom is 0.310 e. The minimum Gasteiger partial charge on any atom is -0.489 e. The summed E-state index contributed by atoms with van der Waals surface area (Å²) < 4.78 is 11.3. The van der Waals surface area contributed by atoms with Gasteiger partial charge in [0.15, 0.2) is 11.5 Å². The third kappa shape index (κ3) is 4.09. The zero-order chi connectivity index (χ0) is 16.9. The van der Waals surface area contributed by atoms with E-state index in [2.05, 4.69) is 5.32 Å². The van der Waals surface area contributed by atoms with Crippen LogP contribution in [0.5, 0.6) is 11.5 Å². The van der Waals surface area contributed by atoms with Crippen molar-refractivity contribution < 1.29 is 19.4 Å². The Balaban J connectivity index is 2.05. The number of rotatable bonds is 7. The summed E-state index contributed by atoms with van der Waals surface area (Å²) in [6, 6.07) is 3.74. The Labute approximate surface area is 141 Å². The molecule has 0 saturated carbocycles. The van der Waals surface area contributed by atoms with Crippen LogP contribution in [-0.2, 0) is 11.3 Å². The number of hydrogen-bond donors (Lipinski definition) is 2. The molecule has 0 spiro atoms. The summed E-state index contributed by atoms with van der Waals surface area (Å²) in [5.74, 6) is 0.490. The highest BCUT2D eigenvalue weighted by Gasteiger charge is 2.34. The van der Waals surface area contributed by atoms with Gasteiger partial charge in [0.1, 0.15) is 0 Å². The van der Waals surface area contributed by atoms with E-state index in [1.54, 1.807) is 0 Å². The molecule has 5 nitrogen and oxygen atoms in total. The van der Waals surface area contributed by atoms with Gasteiger partial charge >= 0.3 is 5.97 Å². The number of ether oxygens (including phenoxy) is 2. The Bertz CT molecular complexity index is 558. The van der Waals surface area contributed by atoms with Gasteiger partial charge in [0.25, 0.3) is 0 Å². The molecule has 0 radical (unpaired) electrons. The minimum absolute atomic E-state index is 0.418. The number of carbonyl (C=O) groups is 1. The van der Waals surface area contributed by atoms with Crippen LogP contribution in [0.15, 0.2) is 12.1 Å². The molecular formula is C17H24ClNO4. The van der Waals surface area contributed by atoms with Gasteiger partial charge < -0.3 is 19.9 Å². The highest BCUT2D eigenvalue weighted by Crippen LogP contribution is 2.38. The fraction of sp³-hybridized carbons (Fsp3) is 0.588. The topological polar surface area (TPSA) is 67.8 Å². The summed E-state index contributed by atoms with van der Waals surface area (Å²) in [6.07, 6.45) is 2.01. The van der Waals surface area contributed by atoms with E-state index in [4.69, 9.17) is 21.1 Å². The van der Waals surface area contributed by atoms with Crippen molar-refractivity contribution in [2.24, 2.45) is 5.41 Å². The van der Waals surface area contributed by atoms with E-state index in [1.165, 1.54) is 0 Å². The van der Waals surface area contributed by atoms with Gasteiger partial charge in [0, 0.05) is 19.5 Å². The molecule has 0 saturated heterocycles. The van der Waals surface area contributed by atoms with Crippen molar-refractivity contribution in [1.29, 1.82) is 0 Å². The lowest BCUT2D eigenvalue weighted by Gasteiger charge is -2.27. The molecule has 128 valence electrons. The summed E-state index contributed by atoms with van der Waals surface area (Å²) in [7, 11) is 0. The third-order valence-corrected chi connectivity index (χ3v) is 4.74. The molecule has 2 N–H and O–H groups in total. The zero-order valence-corrected chi connectivity index (χ0v) is 14.4. The monoisotopic (exact) mass is 341 g/mol. The van der Waals surface area contributed by atoms with E-state index in [9.17, 15) is 9.90 Å². The molecule has 1 aliphatic rings. The smallest absolute Gasteiger partial charge is 0.310 e. The number of carboxylic acids is 1. The van der Waals surface area contributed by atoms with Crippen LogP contribution in [0.2, 0.25) is 5.02 Å². The fourth-order valence-electron chi connectivity index (χ4n) is 2.71. The first-order chi connectivity index (χ1) is 11.0. The molecule has 1 heterocycles. The molecule has 2 rings (SSSR count). The molecule has 0 unspecified atom stereocenters. The lowest BCUT2D eigenvalue weighted by atomic mass is 9.82. The summed E-state index contributed by atoms with van der Waals surface area (Å²) >= 11 is 6.27. The number of fused-ring (bicyclic) bond motifs is 1. The predicted molar refractivity (Wildman–Crippen MR) is 89.4 cm³/mol. The number of benzene rings is 1. The summed E-state index contributed by atoms with van der Waals surface area (Å²) in [4.78, 5) is 11.5. The highest BCUT2D eigenvalue weighted by molar-refractivity contribution is 6.32. The molecule has 23 heavy (non-hydrogen) atoms. The molecule has 0 aliphatic carbocycles. The molecule has 0 bridgehead atoms. The fourth-order valence-corrected chi connectivity index (χ4v) is 3.00. The van der Waals surface area contributed by atoms with Crippen LogP contribution < -0.4 is 14.8 Å². The van der Waals surface area contributed by atoms with Crippen LogP contribution in [0.1, 0.15) is 38.7 Å². The second-order valence-electron chi connectivity index (χ2n) is 5.85.